The molecule has 0 radical (unpaired) electrons. The molecule has 6 nitrogen and oxygen atoms in total. The van der Waals surface area contributed by atoms with Crippen LogP contribution in [0.1, 0.15) is 18.7 Å². The Bertz CT molecular complexity index is 970. The molecule has 132 valence electrons. The molecule has 3 aromatic rings. The maximum atomic E-state index is 10.3. The number of rotatable bonds is 3. The number of phenolic OH excluding ortho intramolecular Hbond substituents is 1. The number of aromatic hydroxyl groups is 1. The molecule has 0 saturated heterocycles. The summed E-state index contributed by atoms with van der Waals surface area (Å²) in [7, 11) is 0. The maximum absolute atomic E-state index is 10.3. The molecule has 1 aromatic heterocycles. The van der Waals surface area contributed by atoms with E-state index in [1.54, 1.807) is 6.07 Å². The van der Waals surface area contributed by atoms with Crippen molar-refractivity contribution in [3.8, 4) is 22.9 Å². The van der Waals surface area contributed by atoms with E-state index < -0.39 is 6.23 Å². The van der Waals surface area contributed by atoms with Crippen LogP contribution in [-0.4, -0.2) is 26.0 Å². The number of fused-ring (bicyclic) bond motifs is 3. The molecular weight excluding hydrogens is 463 g/mol. The van der Waals surface area contributed by atoms with Crippen LogP contribution in [0.5, 0.6) is 11.6 Å². The third-order valence-electron chi connectivity index (χ3n) is 3.88. The number of aromatic nitrogens is 3. The number of hydrogen-bond acceptors (Lipinski definition) is 7. The van der Waals surface area contributed by atoms with E-state index in [9.17, 15) is 5.11 Å². The van der Waals surface area contributed by atoms with Crippen molar-refractivity contribution in [3.63, 3.8) is 0 Å². The Morgan fingerprint density at radius 3 is 2.92 bits per heavy atom. The molecule has 1 aliphatic heterocycles. The zero-order valence-electron chi connectivity index (χ0n) is 13.8. The van der Waals surface area contributed by atoms with Crippen molar-refractivity contribution in [1.82, 2.24) is 15.2 Å². The van der Waals surface area contributed by atoms with Gasteiger partial charge in [0.25, 0.3) is 0 Å². The van der Waals surface area contributed by atoms with Gasteiger partial charge in [-0.25, -0.2) is 0 Å². The van der Waals surface area contributed by atoms with Crippen molar-refractivity contribution >= 4 is 40.0 Å². The van der Waals surface area contributed by atoms with E-state index in [1.165, 1.54) is 11.8 Å². The standard InChI is InChI=1S/C18H15IN4O2S/c1-2-26-18-21-17-15(22-23-18)11-5-3-4-6-13(11)20-16(25-17)12-9-10(19)7-8-14(12)24/h3-9,16,20,24H,2H2,1H3. The quantitative estimate of drug-likeness (QED) is 0.425. The Labute approximate surface area is 168 Å². The lowest BCUT2D eigenvalue weighted by Gasteiger charge is -2.20. The highest BCUT2D eigenvalue weighted by Crippen LogP contribution is 2.41. The van der Waals surface area contributed by atoms with Crippen LogP contribution in [0.25, 0.3) is 11.3 Å². The second-order valence-corrected chi connectivity index (χ2v) is 8.05. The first-order chi connectivity index (χ1) is 12.7. The van der Waals surface area contributed by atoms with Crippen LogP contribution in [-0.2, 0) is 0 Å². The van der Waals surface area contributed by atoms with Gasteiger partial charge in [-0.2, -0.15) is 4.98 Å². The van der Waals surface area contributed by atoms with E-state index in [4.69, 9.17) is 4.74 Å². The highest BCUT2D eigenvalue weighted by Gasteiger charge is 2.27. The number of nitrogens with zero attached hydrogens (tertiary/aromatic N) is 3. The maximum Gasteiger partial charge on any atom is 0.247 e. The summed E-state index contributed by atoms with van der Waals surface area (Å²) in [4.78, 5) is 4.53. The third-order valence-corrected chi connectivity index (χ3v) is 5.27. The van der Waals surface area contributed by atoms with Gasteiger partial charge in [0.15, 0.2) is 5.69 Å². The van der Waals surface area contributed by atoms with E-state index in [-0.39, 0.29) is 5.75 Å². The summed E-state index contributed by atoms with van der Waals surface area (Å²) in [5.74, 6) is 1.40. The lowest BCUT2D eigenvalue weighted by molar-refractivity contribution is 0.220. The zero-order chi connectivity index (χ0) is 18.1. The number of anilines is 1. The molecule has 0 bridgehead atoms. The van der Waals surface area contributed by atoms with Gasteiger partial charge in [-0.15, -0.1) is 10.2 Å². The normalized spacial score (nSPS) is 15.2. The average molecular weight is 478 g/mol. The van der Waals surface area contributed by atoms with Gasteiger partial charge < -0.3 is 15.2 Å². The number of thioether (sulfide) groups is 1. The van der Waals surface area contributed by atoms with Gasteiger partial charge in [0.1, 0.15) is 5.75 Å². The van der Waals surface area contributed by atoms with E-state index >= 15 is 0 Å². The Morgan fingerprint density at radius 2 is 2.08 bits per heavy atom. The molecule has 2 aromatic carbocycles. The number of hydrogen-bond donors (Lipinski definition) is 2. The van der Waals surface area contributed by atoms with Crippen molar-refractivity contribution in [1.29, 1.82) is 0 Å². The topological polar surface area (TPSA) is 80.2 Å². The Kier molecular flexibility index (Phi) is 4.86. The fourth-order valence-corrected chi connectivity index (χ4v) is 3.73. The predicted molar refractivity (Wildman–Crippen MR) is 109 cm³/mol. The van der Waals surface area contributed by atoms with E-state index in [0.29, 0.717) is 22.3 Å². The Hall–Kier alpha value is -2.07. The van der Waals surface area contributed by atoms with Gasteiger partial charge in [0, 0.05) is 14.8 Å². The third kappa shape index (κ3) is 3.30. The highest BCUT2D eigenvalue weighted by atomic mass is 127. The molecule has 8 heteroatoms. The van der Waals surface area contributed by atoms with Crippen LogP contribution in [0, 0.1) is 3.57 Å². The van der Waals surface area contributed by atoms with Gasteiger partial charge in [-0.05, 0) is 52.6 Å². The van der Waals surface area contributed by atoms with Gasteiger partial charge in [-0.1, -0.05) is 36.9 Å². The number of phenols is 1. The van der Waals surface area contributed by atoms with Crippen molar-refractivity contribution in [2.24, 2.45) is 0 Å². The van der Waals surface area contributed by atoms with Crippen molar-refractivity contribution in [3.05, 3.63) is 51.6 Å². The molecule has 1 atom stereocenters. The molecular formula is C18H15IN4O2S. The zero-order valence-corrected chi connectivity index (χ0v) is 16.8. The summed E-state index contributed by atoms with van der Waals surface area (Å²) in [5.41, 5.74) is 2.94. The second-order valence-electron chi connectivity index (χ2n) is 5.57. The van der Waals surface area contributed by atoms with Crippen LogP contribution in [0.2, 0.25) is 0 Å². The fraction of sp³-hybridized carbons (Fsp3) is 0.167. The van der Waals surface area contributed by atoms with Crippen LogP contribution in [0.15, 0.2) is 47.6 Å². The lowest BCUT2D eigenvalue weighted by Crippen LogP contribution is -2.17. The molecule has 0 fully saturated rings. The first kappa shape index (κ1) is 17.3. The molecule has 0 spiro atoms. The Morgan fingerprint density at radius 1 is 1.23 bits per heavy atom. The summed E-state index contributed by atoms with van der Waals surface area (Å²) >= 11 is 3.71. The fourth-order valence-electron chi connectivity index (χ4n) is 2.71. The van der Waals surface area contributed by atoms with Crippen LogP contribution < -0.4 is 10.1 Å². The second kappa shape index (κ2) is 7.28. The monoisotopic (exact) mass is 478 g/mol. The number of para-hydroxylation sites is 1. The molecule has 4 rings (SSSR count). The molecule has 1 aliphatic rings. The number of ether oxygens (including phenoxy) is 1. The number of benzene rings is 2. The van der Waals surface area contributed by atoms with Crippen molar-refractivity contribution in [2.75, 3.05) is 11.1 Å². The van der Waals surface area contributed by atoms with Crippen LogP contribution in [0.3, 0.4) is 0 Å². The highest BCUT2D eigenvalue weighted by molar-refractivity contribution is 14.1. The minimum Gasteiger partial charge on any atom is -0.507 e. The molecule has 0 amide bonds. The average Bonchev–Trinajstić information content (AvgIpc) is 2.80. The van der Waals surface area contributed by atoms with Crippen LogP contribution in [0.4, 0.5) is 5.69 Å². The first-order valence-electron chi connectivity index (χ1n) is 8.04. The molecule has 26 heavy (non-hydrogen) atoms. The van der Waals surface area contributed by atoms with E-state index in [2.05, 4.69) is 43.1 Å². The summed E-state index contributed by atoms with van der Waals surface area (Å²) in [5, 5.41) is 22.8. The number of nitrogens with one attached hydrogen (secondary N) is 1. The van der Waals surface area contributed by atoms with E-state index in [1.807, 2.05) is 43.3 Å². The molecule has 2 N–H and O–H groups in total. The number of halogens is 1. The molecule has 0 aliphatic carbocycles. The van der Waals surface area contributed by atoms with Gasteiger partial charge in [0.05, 0.1) is 5.56 Å². The first-order valence-corrected chi connectivity index (χ1v) is 10.1. The minimum absolute atomic E-state index is 0.161. The predicted octanol–water partition coefficient (Wildman–Crippen LogP) is 4.46. The largest absolute Gasteiger partial charge is 0.507 e. The smallest absolute Gasteiger partial charge is 0.247 e. The van der Waals surface area contributed by atoms with Crippen LogP contribution >= 0.6 is 34.4 Å². The lowest BCUT2D eigenvalue weighted by atomic mass is 10.1. The van der Waals surface area contributed by atoms with Gasteiger partial charge in [-0.3, -0.25) is 0 Å². The van der Waals surface area contributed by atoms with Gasteiger partial charge >= 0.3 is 0 Å². The summed E-state index contributed by atoms with van der Waals surface area (Å²) in [6.45, 7) is 2.03. The summed E-state index contributed by atoms with van der Waals surface area (Å²) in [6.07, 6.45) is -0.594. The molecule has 1 unspecified atom stereocenters. The minimum atomic E-state index is -0.594. The summed E-state index contributed by atoms with van der Waals surface area (Å²) in [6, 6.07) is 13.2. The molecule has 0 saturated carbocycles. The van der Waals surface area contributed by atoms with Crippen molar-refractivity contribution < 1.29 is 9.84 Å². The summed E-state index contributed by atoms with van der Waals surface area (Å²) < 4.78 is 7.15. The Balaban J connectivity index is 1.86. The van der Waals surface area contributed by atoms with E-state index in [0.717, 1.165) is 20.6 Å². The van der Waals surface area contributed by atoms with Gasteiger partial charge in [0.2, 0.25) is 17.3 Å². The molecule has 2 heterocycles. The van der Waals surface area contributed by atoms with Crippen molar-refractivity contribution in [2.45, 2.75) is 18.3 Å². The SMILES string of the molecule is CCSc1nnc2c(n1)OC(c1cc(I)ccc1O)Nc1ccccc1-2.